The second-order valence-corrected chi connectivity index (χ2v) is 4.19. The van der Waals surface area contributed by atoms with Crippen LogP contribution in [0.5, 0.6) is 5.75 Å². The minimum atomic E-state index is 0. The van der Waals surface area contributed by atoms with E-state index >= 15 is 0 Å². The van der Waals surface area contributed by atoms with E-state index in [0.717, 1.165) is 6.42 Å². The molecule has 0 saturated heterocycles. The topological polar surface area (TPSA) is 20.2 Å². The predicted molar refractivity (Wildman–Crippen MR) is 65.2 cm³/mol. The molecule has 1 rings (SSSR count). The fourth-order valence-electron chi connectivity index (χ4n) is 1.82. The number of phenolic OH excluding ortho intramolecular Hbond substituents is 1. The number of rotatable bonds is 7. The van der Waals surface area contributed by atoms with E-state index in [1.807, 2.05) is 12.1 Å². The molecule has 0 amide bonds. The number of benzene rings is 1. The largest absolute Gasteiger partial charge is 0.508 e. The molecule has 1 N–H and O–H groups in total. The van der Waals surface area contributed by atoms with Crippen LogP contribution in [-0.4, -0.2) is 5.11 Å². The van der Waals surface area contributed by atoms with Gasteiger partial charge in [0.05, 0.1) is 0 Å². The van der Waals surface area contributed by atoms with Crippen molar-refractivity contribution >= 4 is 0 Å². The molecule has 0 radical (unpaired) electrons. The number of unbranched alkanes of at least 4 members (excludes halogenated alkanes) is 5. The van der Waals surface area contributed by atoms with Gasteiger partial charge in [0.25, 0.3) is 0 Å². The average molecular weight is 272 g/mol. The molecule has 0 aliphatic heterocycles. The van der Waals surface area contributed by atoms with Crippen molar-refractivity contribution in [1.82, 2.24) is 0 Å². The molecule has 1 aromatic rings. The van der Waals surface area contributed by atoms with Gasteiger partial charge in [-0.15, -0.1) is 0 Å². The van der Waals surface area contributed by atoms with Gasteiger partial charge in [0.15, 0.2) is 0 Å². The first-order valence-corrected chi connectivity index (χ1v) is 6.11. The van der Waals surface area contributed by atoms with Crippen molar-refractivity contribution < 1.29 is 24.6 Å². The molecule has 1 nitrogen and oxygen atoms in total. The van der Waals surface area contributed by atoms with Crippen LogP contribution < -0.4 is 0 Å². The van der Waals surface area contributed by atoms with Crippen LogP contribution in [0.3, 0.4) is 0 Å². The van der Waals surface area contributed by atoms with Gasteiger partial charge in [0.1, 0.15) is 5.75 Å². The zero-order chi connectivity index (χ0) is 10.9. The zero-order valence-corrected chi connectivity index (χ0v) is 13.4. The molecule has 2 heteroatoms. The Bertz CT molecular complexity index is 273. The summed E-state index contributed by atoms with van der Waals surface area (Å²) in [6, 6.07) is 7.60. The monoisotopic (exact) mass is 270 g/mol. The summed E-state index contributed by atoms with van der Waals surface area (Å²) in [7, 11) is 0. The summed E-state index contributed by atoms with van der Waals surface area (Å²) < 4.78 is 0. The SMILES string of the molecule is CCCCCCCCc1cccc(O)c1.[Zn]. The Morgan fingerprint density at radius 2 is 1.69 bits per heavy atom. The average Bonchev–Trinajstić information content (AvgIpc) is 2.23. The van der Waals surface area contributed by atoms with Gasteiger partial charge in [-0.2, -0.15) is 0 Å². The molecule has 0 unspecified atom stereocenters. The molecular formula is C14H22OZn. The van der Waals surface area contributed by atoms with Crippen LogP contribution in [0, 0.1) is 0 Å². The van der Waals surface area contributed by atoms with Gasteiger partial charge in [-0.3, -0.25) is 0 Å². The van der Waals surface area contributed by atoms with Crippen LogP contribution in [0.15, 0.2) is 24.3 Å². The molecular weight excluding hydrogens is 250 g/mol. The molecule has 0 spiro atoms. The minimum absolute atomic E-state index is 0. The number of phenols is 1. The molecule has 0 fully saturated rings. The van der Waals surface area contributed by atoms with E-state index in [-0.39, 0.29) is 19.5 Å². The Balaban J connectivity index is 0.00000225. The molecule has 0 bridgehead atoms. The summed E-state index contributed by atoms with van der Waals surface area (Å²) in [6.07, 6.45) is 9.06. The molecule has 0 atom stereocenters. The van der Waals surface area contributed by atoms with Crippen molar-refractivity contribution in [1.29, 1.82) is 0 Å². The third-order valence-electron chi connectivity index (χ3n) is 2.73. The third-order valence-corrected chi connectivity index (χ3v) is 2.73. The van der Waals surface area contributed by atoms with E-state index in [4.69, 9.17) is 0 Å². The van der Waals surface area contributed by atoms with Crippen molar-refractivity contribution in [3.05, 3.63) is 29.8 Å². The van der Waals surface area contributed by atoms with Gasteiger partial charge < -0.3 is 5.11 Å². The first-order chi connectivity index (χ1) is 7.33. The maximum absolute atomic E-state index is 9.29. The van der Waals surface area contributed by atoms with Crippen molar-refractivity contribution in [3.63, 3.8) is 0 Å². The fraction of sp³-hybridized carbons (Fsp3) is 0.571. The minimum Gasteiger partial charge on any atom is -0.508 e. The van der Waals surface area contributed by atoms with E-state index in [1.165, 1.54) is 44.1 Å². The van der Waals surface area contributed by atoms with Crippen LogP contribution in [0.2, 0.25) is 0 Å². The zero-order valence-electron chi connectivity index (χ0n) is 10.4. The second kappa shape index (κ2) is 9.84. The van der Waals surface area contributed by atoms with Gasteiger partial charge in [-0.1, -0.05) is 51.2 Å². The Hall–Kier alpha value is -0.357. The van der Waals surface area contributed by atoms with E-state index in [2.05, 4.69) is 13.0 Å². The van der Waals surface area contributed by atoms with Crippen LogP contribution in [-0.2, 0) is 25.9 Å². The summed E-state index contributed by atoms with van der Waals surface area (Å²) in [5, 5.41) is 9.29. The van der Waals surface area contributed by atoms with Gasteiger partial charge >= 0.3 is 0 Å². The Morgan fingerprint density at radius 1 is 1.00 bits per heavy atom. The number of hydrogen-bond acceptors (Lipinski definition) is 1. The number of aromatic hydroxyl groups is 1. The fourth-order valence-corrected chi connectivity index (χ4v) is 1.82. The van der Waals surface area contributed by atoms with Gasteiger partial charge in [-0.05, 0) is 30.5 Å². The van der Waals surface area contributed by atoms with Gasteiger partial charge in [0.2, 0.25) is 0 Å². The molecule has 16 heavy (non-hydrogen) atoms. The van der Waals surface area contributed by atoms with Crippen molar-refractivity contribution in [2.24, 2.45) is 0 Å². The van der Waals surface area contributed by atoms with E-state index < -0.39 is 0 Å². The summed E-state index contributed by atoms with van der Waals surface area (Å²) in [6.45, 7) is 2.24. The first kappa shape index (κ1) is 15.6. The molecule has 0 saturated carbocycles. The van der Waals surface area contributed by atoms with Gasteiger partial charge in [0, 0.05) is 19.5 Å². The van der Waals surface area contributed by atoms with Crippen LogP contribution in [0.1, 0.15) is 51.0 Å². The van der Waals surface area contributed by atoms with Crippen molar-refractivity contribution in [2.75, 3.05) is 0 Å². The van der Waals surface area contributed by atoms with E-state index in [0.29, 0.717) is 5.75 Å². The van der Waals surface area contributed by atoms with Crippen LogP contribution in [0.4, 0.5) is 0 Å². The second-order valence-electron chi connectivity index (χ2n) is 4.19. The summed E-state index contributed by atoms with van der Waals surface area (Å²) in [5.41, 5.74) is 1.26. The van der Waals surface area contributed by atoms with Crippen molar-refractivity contribution in [2.45, 2.75) is 51.9 Å². The van der Waals surface area contributed by atoms with E-state index in [1.54, 1.807) is 6.07 Å². The molecule has 1 aromatic carbocycles. The number of hydrogen-bond donors (Lipinski definition) is 1. The maximum atomic E-state index is 9.29. The molecule has 0 aliphatic rings. The van der Waals surface area contributed by atoms with Crippen LogP contribution >= 0.6 is 0 Å². The van der Waals surface area contributed by atoms with E-state index in [9.17, 15) is 5.11 Å². The maximum Gasteiger partial charge on any atom is 0.115 e. The predicted octanol–water partition coefficient (Wildman–Crippen LogP) is 4.29. The Morgan fingerprint density at radius 3 is 2.38 bits per heavy atom. The Kier molecular flexibility index (Phi) is 9.62. The number of aryl methyl sites for hydroxylation is 1. The molecule has 86 valence electrons. The summed E-state index contributed by atoms with van der Waals surface area (Å²) in [5.74, 6) is 0.387. The molecule has 0 heterocycles. The summed E-state index contributed by atoms with van der Waals surface area (Å²) >= 11 is 0. The molecule has 0 aliphatic carbocycles. The van der Waals surface area contributed by atoms with Crippen LogP contribution in [0.25, 0.3) is 0 Å². The van der Waals surface area contributed by atoms with Gasteiger partial charge in [-0.25, -0.2) is 0 Å². The first-order valence-electron chi connectivity index (χ1n) is 6.11. The quantitative estimate of drug-likeness (QED) is 0.579. The molecule has 0 aromatic heterocycles. The third kappa shape index (κ3) is 7.01. The smallest absolute Gasteiger partial charge is 0.115 e. The summed E-state index contributed by atoms with van der Waals surface area (Å²) in [4.78, 5) is 0. The Labute approximate surface area is 112 Å². The van der Waals surface area contributed by atoms with Crippen molar-refractivity contribution in [3.8, 4) is 5.75 Å². The standard InChI is InChI=1S/C14H22O.Zn/c1-2-3-4-5-6-7-9-13-10-8-11-14(15)12-13;/h8,10-12,15H,2-7,9H2,1H3;. The normalized spacial score (nSPS) is 9.81.